The molecule has 2 rings (SSSR count). The lowest BCUT2D eigenvalue weighted by atomic mass is 10.0. The van der Waals surface area contributed by atoms with Crippen molar-refractivity contribution in [3.63, 3.8) is 0 Å². The molecule has 1 aromatic rings. The maximum atomic E-state index is 4.10. The van der Waals surface area contributed by atoms with Gasteiger partial charge in [-0.2, -0.15) is 0 Å². The van der Waals surface area contributed by atoms with Gasteiger partial charge in [-0.25, -0.2) is 0 Å². The number of nitrogens with zero attached hydrogens (tertiary/aromatic N) is 1. The van der Waals surface area contributed by atoms with Crippen molar-refractivity contribution in [3.05, 3.63) is 30.1 Å². The molecule has 76 valence electrons. The van der Waals surface area contributed by atoms with E-state index < -0.39 is 0 Å². The van der Waals surface area contributed by atoms with Gasteiger partial charge in [-0.15, -0.1) is 0 Å². The minimum atomic E-state index is 0.260. The molecule has 1 unspecified atom stereocenters. The van der Waals surface area contributed by atoms with E-state index in [1.165, 1.54) is 12.0 Å². The first kappa shape index (κ1) is 9.62. The average molecular weight is 191 g/mol. The second-order valence-electron chi connectivity index (χ2n) is 4.20. The molecular weight excluding hydrogens is 174 g/mol. The van der Waals surface area contributed by atoms with Gasteiger partial charge in [0.1, 0.15) is 0 Å². The zero-order valence-electron chi connectivity index (χ0n) is 8.59. The molecule has 3 nitrogen and oxygen atoms in total. The van der Waals surface area contributed by atoms with E-state index in [9.17, 15) is 0 Å². The molecule has 1 aliphatic heterocycles. The predicted molar refractivity (Wildman–Crippen MR) is 57.0 cm³/mol. The number of pyridine rings is 1. The van der Waals surface area contributed by atoms with Crippen LogP contribution in [0.15, 0.2) is 24.5 Å². The molecule has 2 heterocycles. The van der Waals surface area contributed by atoms with Crippen LogP contribution in [0.1, 0.15) is 18.9 Å². The van der Waals surface area contributed by atoms with Crippen molar-refractivity contribution in [1.29, 1.82) is 0 Å². The quantitative estimate of drug-likeness (QED) is 0.746. The summed E-state index contributed by atoms with van der Waals surface area (Å²) in [5.41, 5.74) is 1.51. The minimum absolute atomic E-state index is 0.260. The Bertz CT molecular complexity index is 278. The summed E-state index contributed by atoms with van der Waals surface area (Å²) in [7, 11) is 0. The Labute approximate surface area is 84.9 Å². The Balaban J connectivity index is 1.88. The molecule has 3 heteroatoms. The number of hydrogen-bond donors (Lipinski definition) is 2. The van der Waals surface area contributed by atoms with Crippen molar-refractivity contribution < 1.29 is 0 Å². The van der Waals surface area contributed by atoms with Gasteiger partial charge < -0.3 is 10.6 Å². The van der Waals surface area contributed by atoms with Crippen LogP contribution in [0.4, 0.5) is 0 Å². The predicted octanol–water partition coefficient (Wildman–Crippen LogP) is 0.923. The first-order valence-electron chi connectivity index (χ1n) is 5.13. The van der Waals surface area contributed by atoms with Crippen molar-refractivity contribution in [2.45, 2.75) is 25.4 Å². The third kappa shape index (κ3) is 2.30. The van der Waals surface area contributed by atoms with E-state index >= 15 is 0 Å². The lowest BCUT2D eigenvalue weighted by Crippen LogP contribution is -2.43. The van der Waals surface area contributed by atoms with Crippen LogP contribution in [-0.2, 0) is 6.54 Å². The van der Waals surface area contributed by atoms with Gasteiger partial charge in [-0.05, 0) is 31.5 Å². The van der Waals surface area contributed by atoms with E-state index in [0.29, 0.717) is 0 Å². The van der Waals surface area contributed by atoms with Crippen LogP contribution < -0.4 is 10.6 Å². The summed E-state index contributed by atoms with van der Waals surface area (Å²) in [6.07, 6.45) is 4.92. The molecule has 2 N–H and O–H groups in total. The fourth-order valence-electron chi connectivity index (χ4n) is 1.79. The molecule has 1 aromatic heterocycles. The molecule has 0 spiro atoms. The van der Waals surface area contributed by atoms with Crippen LogP contribution in [0.3, 0.4) is 0 Å². The Hall–Kier alpha value is -0.930. The minimum Gasteiger partial charge on any atom is -0.315 e. The summed E-state index contributed by atoms with van der Waals surface area (Å²) in [4.78, 5) is 4.10. The molecule has 1 fully saturated rings. The first-order valence-corrected chi connectivity index (χ1v) is 5.13. The fraction of sp³-hybridized carbons (Fsp3) is 0.545. The van der Waals surface area contributed by atoms with Gasteiger partial charge in [0.25, 0.3) is 0 Å². The van der Waals surface area contributed by atoms with Gasteiger partial charge in [0.2, 0.25) is 0 Å². The van der Waals surface area contributed by atoms with Gasteiger partial charge in [0, 0.05) is 31.0 Å². The van der Waals surface area contributed by atoms with E-state index in [1.54, 1.807) is 0 Å². The highest BCUT2D eigenvalue weighted by molar-refractivity contribution is 5.09. The normalized spacial score (nSPS) is 26.6. The molecule has 1 atom stereocenters. The molecule has 0 aliphatic carbocycles. The first-order chi connectivity index (χ1) is 6.79. The largest absolute Gasteiger partial charge is 0.315 e. The highest BCUT2D eigenvalue weighted by Gasteiger charge is 2.27. The van der Waals surface area contributed by atoms with Gasteiger partial charge in [-0.3, -0.25) is 4.98 Å². The molecule has 0 saturated carbocycles. The van der Waals surface area contributed by atoms with Crippen LogP contribution in [0.5, 0.6) is 0 Å². The SMILES string of the molecule is CC1(NCc2cccnc2)CCNC1. The zero-order chi connectivity index (χ0) is 9.86. The number of rotatable bonds is 3. The summed E-state index contributed by atoms with van der Waals surface area (Å²) >= 11 is 0. The second-order valence-corrected chi connectivity index (χ2v) is 4.20. The summed E-state index contributed by atoms with van der Waals surface area (Å²) in [5, 5.41) is 6.94. The van der Waals surface area contributed by atoms with Crippen molar-refractivity contribution >= 4 is 0 Å². The monoisotopic (exact) mass is 191 g/mol. The highest BCUT2D eigenvalue weighted by atomic mass is 15.1. The van der Waals surface area contributed by atoms with Gasteiger partial charge in [-0.1, -0.05) is 6.07 Å². The molecule has 0 radical (unpaired) electrons. The van der Waals surface area contributed by atoms with Crippen molar-refractivity contribution in [1.82, 2.24) is 15.6 Å². The van der Waals surface area contributed by atoms with Crippen molar-refractivity contribution in [2.24, 2.45) is 0 Å². The molecule has 1 saturated heterocycles. The van der Waals surface area contributed by atoms with Crippen LogP contribution in [-0.4, -0.2) is 23.6 Å². The summed E-state index contributed by atoms with van der Waals surface area (Å²) < 4.78 is 0. The van der Waals surface area contributed by atoms with Gasteiger partial charge >= 0.3 is 0 Å². The third-order valence-electron chi connectivity index (χ3n) is 2.81. The summed E-state index contributed by atoms with van der Waals surface area (Å²) in [6.45, 7) is 5.36. The number of nitrogens with one attached hydrogen (secondary N) is 2. The molecule has 1 aliphatic rings. The Morgan fingerprint density at radius 2 is 2.57 bits per heavy atom. The standard InChI is InChI=1S/C11H17N3/c1-11(4-6-13-9-11)14-8-10-3-2-5-12-7-10/h2-3,5,7,13-14H,4,6,8-9H2,1H3. The highest BCUT2D eigenvalue weighted by Crippen LogP contribution is 2.13. The van der Waals surface area contributed by atoms with E-state index in [1.807, 2.05) is 18.5 Å². The third-order valence-corrected chi connectivity index (χ3v) is 2.81. The smallest absolute Gasteiger partial charge is 0.0312 e. The lowest BCUT2D eigenvalue weighted by molar-refractivity contribution is 0.385. The van der Waals surface area contributed by atoms with Crippen molar-refractivity contribution in [3.8, 4) is 0 Å². The Morgan fingerprint density at radius 1 is 1.64 bits per heavy atom. The van der Waals surface area contributed by atoms with Crippen LogP contribution in [0, 0.1) is 0 Å². The Kier molecular flexibility index (Phi) is 2.79. The zero-order valence-corrected chi connectivity index (χ0v) is 8.59. The molecule has 0 bridgehead atoms. The van der Waals surface area contributed by atoms with E-state index in [-0.39, 0.29) is 5.54 Å². The summed E-state index contributed by atoms with van der Waals surface area (Å²) in [5.74, 6) is 0. The van der Waals surface area contributed by atoms with E-state index in [4.69, 9.17) is 0 Å². The van der Waals surface area contributed by atoms with E-state index in [2.05, 4.69) is 28.6 Å². The van der Waals surface area contributed by atoms with E-state index in [0.717, 1.165) is 19.6 Å². The molecule has 0 aromatic carbocycles. The molecule has 14 heavy (non-hydrogen) atoms. The van der Waals surface area contributed by atoms with Gasteiger partial charge in [0.15, 0.2) is 0 Å². The lowest BCUT2D eigenvalue weighted by Gasteiger charge is -2.24. The molecular formula is C11H17N3. The topological polar surface area (TPSA) is 37.0 Å². The van der Waals surface area contributed by atoms with Crippen LogP contribution >= 0.6 is 0 Å². The van der Waals surface area contributed by atoms with Gasteiger partial charge in [0.05, 0.1) is 0 Å². The Morgan fingerprint density at radius 3 is 3.21 bits per heavy atom. The maximum Gasteiger partial charge on any atom is 0.0312 e. The molecule has 0 amide bonds. The second kappa shape index (κ2) is 4.07. The summed E-state index contributed by atoms with van der Waals surface area (Å²) in [6, 6.07) is 4.08. The van der Waals surface area contributed by atoms with Crippen LogP contribution in [0.25, 0.3) is 0 Å². The number of aromatic nitrogens is 1. The average Bonchev–Trinajstić information content (AvgIpc) is 2.65. The maximum absolute atomic E-state index is 4.10. The number of hydrogen-bond acceptors (Lipinski definition) is 3. The van der Waals surface area contributed by atoms with Crippen LogP contribution in [0.2, 0.25) is 0 Å². The fourth-order valence-corrected chi connectivity index (χ4v) is 1.79. The van der Waals surface area contributed by atoms with Crippen molar-refractivity contribution in [2.75, 3.05) is 13.1 Å².